The molecule has 3 rings (SSSR count). The maximum absolute atomic E-state index is 12.6. The average Bonchev–Trinajstić information content (AvgIpc) is 3.13. The molecule has 0 saturated heterocycles. The number of carbonyl (C=O) groups excluding carboxylic acids is 2. The number of hydrogen-bond acceptors (Lipinski definition) is 5. The third kappa shape index (κ3) is 4.74. The van der Waals surface area contributed by atoms with Gasteiger partial charge >= 0.3 is 0 Å². The summed E-state index contributed by atoms with van der Waals surface area (Å²) in [6, 6.07) is 3.88. The summed E-state index contributed by atoms with van der Waals surface area (Å²) < 4.78 is 0. The van der Waals surface area contributed by atoms with E-state index in [1.807, 2.05) is 42.7 Å². The monoisotopic (exact) mass is 388 g/mol. The number of thiophene rings is 1. The summed E-state index contributed by atoms with van der Waals surface area (Å²) in [6.45, 7) is 2.77. The van der Waals surface area contributed by atoms with Gasteiger partial charge in [0, 0.05) is 23.7 Å². The molecule has 27 heavy (non-hydrogen) atoms. The predicted octanol–water partition coefficient (Wildman–Crippen LogP) is 1.38. The highest BCUT2D eigenvalue weighted by Gasteiger charge is 2.35. The molecule has 0 saturated carbocycles. The van der Waals surface area contributed by atoms with E-state index in [0.717, 1.165) is 16.9 Å². The Kier molecular flexibility index (Phi) is 6.26. The van der Waals surface area contributed by atoms with Crippen LogP contribution >= 0.6 is 11.3 Å². The lowest BCUT2D eigenvalue weighted by atomic mass is 9.98. The number of nitrogens with one attached hydrogen (secondary N) is 1. The van der Waals surface area contributed by atoms with Crippen LogP contribution in [0.15, 0.2) is 53.1 Å². The Balaban J connectivity index is 1.57. The zero-order valence-corrected chi connectivity index (χ0v) is 16.0. The van der Waals surface area contributed by atoms with Crippen LogP contribution in [0.25, 0.3) is 0 Å². The predicted molar refractivity (Wildman–Crippen MR) is 104 cm³/mol. The minimum absolute atomic E-state index is 0.252. The van der Waals surface area contributed by atoms with Crippen molar-refractivity contribution in [3.05, 3.63) is 58.0 Å². The smallest absolute Gasteiger partial charge is 0.259 e. The van der Waals surface area contributed by atoms with Crippen LogP contribution in [0.3, 0.4) is 0 Å². The van der Waals surface area contributed by atoms with Crippen molar-refractivity contribution in [3.8, 4) is 0 Å². The second-order valence-corrected chi connectivity index (χ2v) is 7.82. The first-order chi connectivity index (χ1) is 13.0. The normalized spacial score (nSPS) is 21.0. The van der Waals surface area contributed by atoms with Gasteiger partial charge in [-0.25, -0.2) is 0 Å². The Morgan fingerprint density at radius 3 is 2.85 bits per heavy atom. The minimum atomic E-state index is -1.80. The molecule has 2 amide bonds. The first kappa shape index (κ1) is 19.5. The van der Waals surface area contributed by atoms with E-state index in [1.54, 1.807) is 11.3 Å². The molecule has 2 heterocycles. The molecule has 1 aliphatic heterocycles. The summed E-state index contributed by atoms with van der Waals surface area (Å²) in [5.41, 5.74) is 1.81. The molecular formula is C20H24N2O4S. The first-order valence-electron chi connectivity index (χ1n) is 9.01. The van der Waals surface area contributed by atoms with E-state index >= 15 is 0 Å². The Morgan fingerprint density at radius 2 is 2.11 bits per heavy atom. The van der Waals surface area contributed by atoms with Crippen LogP contribution in [-0.2, 0) is 16.0 Å². The lowest BCUT2D eigenvalue weighted by Crippen LogP contribution is -2.51. The van der Waals surface area contributed by atoms with Crippen molar-refractivity contribution in [2.45, 2.75) is 32.0 Å². The van der Waals surface area contributed by atoms with Crippen LogP contribution in [0.4, 0.5) is 0 Å². The number of amides is 2. The average molecular weight is 388 g/mol. The molecule has 0 spiro atoms. The summed E-state index contributed by atoms with van der Waals surface area (Å²) in [5, 5.41) is 24.9. The van der Waals surface area contributed by atoms with Gasteiger partial charge in [0.2, 0.25) is 0 Å². The number of aliphatic hydroxyl groups is 2. The molecule has 3 N–H and O–H groups in total. The highest BCUT2D eigenvalue weighted by Crippen LogP contribution is 2.27. The van der Waals surface area contributed by atoms with Crippen LogP contribution in [0.1, 0.15) is 18.2 Å². The number of fused-ring (bicyclic) bond motifs is 1. The third-order valence-corrected chi connectivity index (χ3v) is 5.65. The van der Waals surface area contributed by atoms with Crippen LogP contribution in [0, 0.1) is 5.92 Å². The highest BCUT2D eigenvalue weighted by molar-refractivity contribution is 7.09. The van der Waals surface area contributed by atoms with Gasteiger partial charge in [0.1, 0.15) is 0 Å². The fourth-order valence-corrected chi connectivity index (χ4v) is 3.94. The van der Waals surface area contributed by atoms with Crippen molar-refractivity contribution in [2.75, 3.05) is 13.1 Å². The second-order valence-electron chi connectivity index (χ2n) is 6.79. The molecule has 0 fully saturated rings. The summed E-state index contributed by atoms with van der Waals surface area (Å²) in [6.07, 6.45) is 5.62. The SMILES string of the molecule is CC1=CC2C=C(C=C1)N(C(=O)C(O)C(O)C(=O)NCCc1cccs1)CC2. The molecule has 2 aliphatic rings. The molecule has 0 aromatic carbocycles. The standard InChI is InChI=1S/C20H24N2O4S/c1-13-4-5-15-12-14(11-13)7-9-22(15)20(26)18(24)17(23)19(25)21-8-6-16-3-2-10-27-16/h2-5,10-12,14,17-18,23-24H,6-9H2,1H3,(H,21,25). The lowest BCUT2D eigenvalue weighted by molar-refractivity contribution is -0.151. The van der Waals surface area contributed by atoms with Crippen molar-refractivity contribution in [1.82, 2.24) is 10.2 Å². The van der Waals surface area contributed by atoms with Gasteiger partial charge in [-0.2, -0.15) is 0 Å². The quantitative estimate of drug-likeness (QED) is 0.687. The topological polar surface area (TPSA) is 89.9 Å². The zero-order valence-electron chi connectivity index (χ0n) is 15.2. The lowest BCUT2D eigenvalue weighted by Gasteiger charge is -2.31. The van der Waals surface area contributed by atoms with E-state index in [9.17, 15) is 19.8 Å². The fourth-order valence-electron chi connectivity index (χ4n) is 3.23. The van der Waals surface area contributed by atoms with Gasteiger partial charge in [-0.05, 0) is 43.2 Å². The number of allylic oxidation sites excluding steroid dienone is 5. The molecule has 2 bridgehead atoms. The number of hydrogen-bond donors (Lipinski definition) is 3. The van der Waals surface area contributed by atoms with Gasteiger partial charge in [0.25, 0.3) is 11.8 Å². The van der Waals surface area contributed by atoms with Crippen LogP contribution < -0.4 is 5.32 Å². The molecule has 1 aliphatic carbocycles. The molecule has 144 valence electrons. The van der Waals surface area contributed by atoms with Crippen molar-refractivity contribution < 1.29 is 19.8 Å². The second kappa shape index (κ2) is 8.65. The van der Waals surface area contributed by atoms with E-state index < -0.39 is 24.0 Å². The number of aliphatic hydroxyl groups excluding tert-OH is 2. The Labute approximate surface area is 162 Å². The van der Waals surface area contributed by atoms with Gasteiger partial charge in [0.15, 0.2) is 12.2 Å². The van der Waals surface area contributed by atoms with E-state index in [0.29, 0.717) is 25.2 Å². The maximum atomic E-state index is 12.6. The Bertz CT molecular complexity index is 782. The van der Waals surface area contributed by atoms with Gasteiger partial charge in [-0.15, -0.1) is 11.3 Å². The molecule has 3 unspecified atom stereocenters. The summed E-state index contributed by atoms with van der Waals surface area (Å²) in [4.78, 5) is 27.3. The largest absolute Gasteiger partial charge is 0.380 e. The van der Waals surface area contributed by atoms with Crippen LogP contribution in [-0.4, -0.2) is 52.2 Å². The zero-order chi connectivity index (χ0) is 19.4. The van der Waals surface area contributed by atoms with Crippen molar-refractivity contribution in [1.29, 1.82) is 0 Å². The molecule has 3 atom stereocenters. The van der Waals surface area contributed by atoms with Crippen LogP contribution in [0.5, 0.6) is 0 Å². The van der Waals surface area contributed by atoms with Crippen LogP contribution in [0.2, 0.25) is 0 Å². The number of nitrogens with zero attached hydrogens (tertiary/aromatic N) is 1. The Morgan fingerprint density at radius 1 is 1.30 bits per heavy atom. The third-order valence-electron chi connectivity index (χ3n) is 4.71. The van der Waals surface area contributed by atoms with Gasteiger partial charge in [-0.1, -0.05) is 29.9 Å². The van der Waals surface area contributed by atoms with Gasteiger partial charge in [-0.3, -0.25) is 9.59 Å². The van der Waals surface area contributed by atoms with Crippen molar-refractivity contribution in [2.24, 2.45) is 5.92 Å². The maximum Gasteiger partial charge on any atom is 0.259 e. The minimum Gasteiger partial charge on any atom is -0.380 e. The first-order valence-corrected chi connectivity index (χ1v) is 9.89. The summed E-state index contributed by atoms with van der Waals surface area (Å²) in [5.74, 6) is -1.16. The Hall–Kier alpha value is -2.22. The molecule has 6 nitrogen and oxygen atoms in total. The molecule has 1 aromatic rings. The van der Waals surface area contributed by atoms with E-state index in [4.69, 9.17) is 0 Å². The summed E-state index contributed by atoms with van der Waals surface area (Å²) >= 11 is 1.58. The van der Waals surface area contributed by atoms with Crippen molar-refractivity contribution >= 4 is 23.2 Å². The molecule has 0 radical (unpaired) electrons. The van der Waals surface area contributed by atoms with Gasteiger partial charge in [0.05, 0.1) is 0 Å². The van der Waals surface area contributed by atoms with E-state index in [-0.39, 0.29) is 5.92 Å². The van der Waals surface area contributed by atoms with E-state index in [2.05, 4.69) is 11.4 Å². The molecule has 1 aromatic heterocycles. The number of rotatable bonds is 6. The summed E-state index contributed by atoms with van der Waals surface area (Å²) in [7, 11) is 0. The number of carbonyl (C=O) groups is 2. The van der Waals surface area contributed by atoms with Crippen molar-refractivity contribution in [3.63, 3.8) is 0 Å². The molecule has 7 heteroatoms. The highest BCUT2D eigenvalue weighted by atomic mass is 32.1. The van der Waals surface area contributed by atoms with E-state index in [1.165, 1.54) is 4.90 Å². The molecular weight excluding hydrogens is 364 g/mol. The van der Waals surface area contributed by atoms with Gasteiger partial charge < -0.3 is 20.4 Å². The fraction of sp³-hybridized carbons (Fsp3) is 0.400.